The van der Waals surface area contributed by atoms with Gasteiger partial charge in [0.1, 0.15) is 0 Å². The molecule has 0 aliphatic carbocycles. The zero-order valence-corrected chi connectivity index (χ0v) is 17.3. The highest BCUT2D eigenvalue weighted by atomic mass is 79.9. The predicted octanol–water partition coefficient (Wildman–Crippen LogP) is 4.30. The molecule has 0 heterocycles. The third kappa shape index (κ3) is 7.52. The Morgan fingerprint density at radius 2 is 1.64 bits per heavy atom. The topological polar surface area (TPSA) is 84.5 Å². The van der Waals surface area contributed by atoms with Crippen molar-refractivity contribution in [3.63, 3.8) is 0 Å². The zero-order valence-electron chi connectivity index (χ0n) is 15.7. The number of hydrogen-bond acceptors (Lipinski definition) is 4. The number of esters is 1. The minimum Gasteiger partial charge on any atom is -0.456 e. The van der Waals surface area contributed by atoms with E-state index in [1.165, 1.54) is 0 Å². The van der Waals surface area contributed by atoms with Gasteiger partial charge in [-0.3, -0.25) is 14.4 Å². The van der Waals surface area contributed by atoms with Gasteiger partial charge in [-0.05, 0) is 48.7 Å². The van der Waals surface area contributed by atoms with Crippen molar-refractivity contribution >= 4 is 45.1 Å². The molecule has 28 heavy (non-hydrogen) atoms. The first-order chi connectivity index (χ1) is 13.5. The molecule has 2 amide bonds. The van der Waals surface area contributed by atoms with Gasteiger partial charge < -0.3 is 15.4 Å². The smallest absolute Gasteiger partial charge is 0.306 e. The summed E-state index contributed by atoms with van der Waals surface area (Å²) in [5.41, 5.74) is 2.43. The van der Waals surface area contributed by atoms with E-state index >= 15 is 0 Å². The van der Waals surface area contributed by atoms with Crippen molar-refractivity contribution in [1.29, 1.82) is 0 Å². The number of ether oxygens (including phenoxy) is 1. The fourth-order valence-corrected chi connectivity index (χ4v) is 2.77. The molecule has 0 unspecified atom stereocenters. The van der Waals surface area contributed by atoms with E-state index in [-0.39, 0.29) is 31.3 Å². The van der Waals surface area contributed by atoms with Crippen molar-refractivity contribution in [2.75, 3.05) is 17.2 Å². The van der Waals surface area contributed by atoms with Crippen LogP contribution in [0.1, 0.15) is 31.7 Å². The fraction of sp³-hybridized carbons (Fsp3) is 0.286. The molecule has 6 nitrogen and oxygen atoms in total. The van der Waals surface area contributed by atoms with Gasteiger partial charge >= 0.3 is 5.97 Å². The SMILES string of the molecule is CCc1ccccc1NC(=O)COC(=O)CCCC(=O)Nc1ccc(Br)cc1. The van der Waals surface area contributed by atoms with Crippen molar-refractivity contribution in [3.8, 4) is 0 Å². The third-order valence-electron chi connectivity index (χ3n) is 3.95. The maximum absolute atomic E-state index is 11.9. The van der Waals surface area contributed by atoms with E-state index < -0.39 is 5.97 Å². The Kier molecular flexibility index (Phi) is 8.68. The van der Waals surface area contributed by atoms with Crippen LogP contribution >= 0.6 is 15.9 Å². The molecule has 2 aromatic carbocycles. The number of hydrogen-bond donors (Lipinski definition) is 2. The first-order valence-corrected chi connectivity index (χ1v) is 9.86. The van der Waals surface area contributed by atoms with Gasteiger partial charge in [-0.15, -0.1) is 0 Å². The Morgan fingerprint density at radius 3 is 2.36 bits per heavy atom. The molecule has 2 aromatic rings. The summed E-state index contributed by atoms with van der Waals surface area (Å²) in [6, 6.07) is 14.7. The molecule has 148 valence electrons. The average molecular weight is 447 g/mol. The molecule has 0 bridgehead atoms. The lowest BCUT2D eigenvalue weighted by molar-refractivity contribution is -0.147. The number of aryl methyl sites for hydroxylation is 1. The third-order valence-corrected chi connectivity index (χ3v) is 4.48. The number of anilines is 2. The largest absolute Gasteiger partial charge is 0.456 e. The Bertz CT molecular complexity index is 821. The number of rotatable bonds is 9. The van der Waals surface area contributed by atoms with Gasteiger partial charge in [0.05, 0.1) is 0 Å². The highest BCUT2D eigenvalue weighted by Crippen LogP contribution is 2.16. The van der Waals surface area contributed by atoms with Crippen LogP contribution < -0.4 is 10.6 Å². The number of benzene rings is 2. The quantitative estimate of drug-likeness (QED) is 0.562. The van der Waals surface area contributed by atoms with E-state index in [2.05, 4.69) is 26.6 Å². The van der Waals surface area contributed by atoms with Gasteiger partial charge in [0.15, 0.2) is 6.61 Å². The maximum atomic E-state index is 11.9. The number of para-hydroxylation sites is 1. The van der Waals surface area contributed by atoms with Gasteiger partial charge in [-0.25, -0.2) is 0 Å². The summed E-state index contributed by atoms with van der Waals surface area (Å²) in [7, 11) is 0. The van der Waals surface area contributed by atoms with Crippen LogP contribution in [-0.4, -0.2) is 24.4 Å². The van der Waals surface area contributed by atoms with Crippen LogP contribution in [-0.2, 0) is 25.5 Å². The summed E-state index contributed by atoms with van der Waals surface area (Å²) >= 11 is 3.33. The molecule has 0 fully saturated rings. The molecule has 0 aliphatic heterocycles. The van der Waals surface area contributed by atoms with Crippen LogP contribution in [0.3, 0.4) is 0 Å². The Hall–Kier alpha value is -2.67. The second-order valence-electron chi connectivity index (χ2n) is 6.13. The Labute approximate surface area is 172 Å². The van der Waals surface area contributed by atoms with E-state index in [1.54, 1.807) is 12.1 Å². The van der Waals surface area contributed by atoms with Crippen LogP contribution in [0.5, 0.6) is 0 Å². The lowest BCUT2D eigenvalue weighted by Gasteiger charge is -2.10. The van der Waals surface area contributed by atoms with Crippen molar-refractivity contribution < 1.29 is 19.1 Å². The van der Waals surface area contributed by atoms with Gasteiger partial charge in [0.2, 0.25) is 5.91 Å². The van der Waals surface area contributed by atoms with Crippen LogP contribution in [0.2, 0.25) is 0 Å². The summed E-state index contributed by atoms with van der Waals surface area (Å²) in [5, 5.41) is 5.49. The molecule has 0 saturated heterocycles. The van der Waals surface area contributed by atoms with Gasteiger partial charge in [0, 0.05) is 28.7 Å². The molecule has 7 heteroatoms. The molecule has 2 N–H and O–H groups in total. The molecule has 0 atom stereocenters. The predicted molar refractivity (Wildman–Crippen MR) is 112 cm³/mol. The van der Waals surface area contributed by atoms with Crippen LogP contribution in [0.25, 0.3) is 0 Å². The minimum absolute atomic E-state index is 0.0760. The molecule has 0 radical (unpaired) electrons. The Morgan fingerprint density at radius 1 is 0.929 bits per heavy atom. The first-order valence-electron chi connectivity index (χ1n) is 9.06. The van der Waals surface area contributed by atoms with E-state index in [0.717, 1.165) is 22.1 Å². The number of carbonyl (C=O) groups excluding carboxylic acids is 3. The lowest BCUT2D eigenvalue weighted by Crippen LogP contribution is -2.21. The molecule has 0 aliphatic rings. The van der Waals surface area contributed by atoms with Crippen LogP contribution in [0, 0.1) is 0 Å². The second-order valence-corrected chi connectivity index (χ2v) is 7.04. The van der Waals surface area contributed by atoms with Crippen molar-refractivity contribution in [3.05, 3.63) is 58.6 Å². The normalized spacial score (nSPS) is 10.2. The molecule has 0 saturated carbocycles. The van der Waals surface area contributed by atoms with E-state index in [4.69, 9.17) is 4.74 Å². The summed E-state index contributed by atoms with van der Waals surface area (Å²) < 4.78 is 5.90. The fourth-order valence-electron chi connectivity index (χ4n) is 2.51. The van der Waals surface area contributed by atoms with Crippen LogP contribution in [0.4, 0.5) is 11.4 Å². The van der Waals surface area contributed by atoms with Crippen LogP contribution in [0.15, 0.2) is 53.0 Å². The molecular formula is C21H23BrN2O4. The summed E-state index contributed by atoms with van der Waals surface area (Å²) in [4.78, 5) is 35.6. The zero-order chi connectivity index (χ0) is 20.4. The molecular weight excluding hydrogens is 424 g/mol. The first kappa shape index (κ1) is 21.6. The highest BCUT2D eigenvalue weighted by molar-refractivity contribution is 9.10. The summed E-state index contributed by atoms with van der Waals surface area (Å²) in [6.07, 6.45) is 1.41. The molecule has 0 spiro atoms. The summed E-state index contributed by atoms with van der Waals surface area (Å²) in [5.74, 6) is -1.07. The second kappa shape index (κ2) is 11.2. The number of halogens is 1. The van der Waals surface area contributed by atoms with Crippen molar-refractivity contribution in [2.24, 2.45) is 0 Å². The number of nitrogens with one attached hydrogen (secondary N) is 2. The standard InChI is InChI=1S/C21H23BrN2O4/c1-2-15-6-3-4-7-18(15)24-20(26)14-28-21(27)9-5-8-19(25)23-17-12-10-16(22)11-13-17/h3-4,6-7,10-13H,2,5,8-9,14H2,1H3,(H,23,25)(H,24,26). The monoisotopic (exact) mass is 446 g/mol. The number of amides is 2. The van der Waals surface area contributed by atoms with Gasteiger partial charge in [0.25, 0.3) is 5.91 Å². The van der Waals surface area contributed by atoms with Crippen molar-refractivity contribution in [1.82, 2.24) is 0 Å². The average Bonchev–Trinajstić information content (AvgIpc) is 2.68. The molecule has 0 aromatic heterocycles. The van der Waals surface area contributed by atoms with Gasteiger partial charge in [-0.2, -0.15) is 0 Å². The summed E-state index contributed by atoms with van der Waals surface area (Å²) in [6.45, 7) is 1.65. The maximum Gasteiger partial charge on any atom is 0.306 e. The van der Waals surface area contributed by atoms with E-state index in [1.807, 2.05) is 43.3 Å². The number of carbonyl (C=O) groups is 3. The highest BCUT2D eigenvalue weighted by Gasteiger charge is 2.10. The van der Waals surface area contributed by atoms with Crippen molar-refractivity contribution in [2.45, 2.75) is 32.6 Å². The minimum atomic E-state index is -0.504. The lowest BCUT2D eigenvalue weighted by atomic mass is 10.1. The Balaban J connectivity index is 1.64. The molecule has 2 rings (SSSR count). The van der Waals surface area contributed by atoms with Gasteiger partial charge in [-0.1, -0.05) is 41.1 Å². The van der Waals surface area contributed by atoms with E-state index in [0.29, 0.717) is 12.1 Å². The van der Waals surface area contributed by atoms with E-state index in [9.17, 15) is 14.4 Å².